The minimum Gasteiger partial charge on any atom is -0.481 e. The summed E-state index contributed by atoms with van der Waals surface area (Å²) in [6, 6.07) is 0. The van der Waals surface area contributed by atoms with Gasteiger partial charge < -0.3 is 114 Å². The van der Waals surface area contributed by atoms with E-state index in [0.29, 0.717) is 38.5 Å². The van der Waals surface area contributed by atoms with Crippen LogP contribution < -0.4 is 0 Å². The van der Waals surface area contributed by atoms with Crippen LogP contribution in [0.4, 0.5) is 0 Å². The minimum atomic E-state index is -1.95. The largest absolute Gasteiger partial charge is 0.481 e. The summed E-state index contributed by atoms with van der Waals surface area (Å²) in [5, 5.41) is 152. The summed E-state index contributed by atoms with van der Waals surface area (Å²) in [6.07, 6.45) is -26.6. The number of aliphatic carboxylic acids is 1. The molecule has 0 radical (unpaired) electrons. The minimum absolute atomic E-state index is 0.00692. The van der Waals surface area contributed by atoms with Crippen LogP contribution in [0.5, 0.6) is 0 Å². The van der Waals surface area contributed by atoms with Crippen LogP contribution in [0.2, 0.25) is 0 Å². The Balaban J connectivity index is 0.998. The van der Waals surface area contributed by atoms with Crippen LogP contribution in [-0.4, -0.2) is 244 Å². The second-order valence-corrected chi connectivity index (χ2v) is 26.8. The Morgan fingerprint density at radius 2 is 1.20 bits per heavy atom. The summed E-state index contributed by atoms with van der Waals surface area (Å²) >= 11 is 0. The monoisotopic (exact) mass is 1180 g/mol. The number of esters is 1. The Morgan fingerprint density at radius 3 is 1.83 bits per heavy atom. The maximum atomic E-state index is 12.9. The zero-order chi connectivity index (χ0) is 60.5. The highest BCUT2D eigenvalue weighted by atomic mass is 16.8. The van der Waals surface area contributed by atoms with Crippen molar-refractivity contribution in [3.63, 3.8) is 0 Å². The normalized spacial score (nSPS) is 50.0. The van der Waals surface area contributed by atoms with Gasteiger partial charge in [-0.15, -0.1) is 0 Å². The van der Waals surface area contributed by atoms with Gasteiger partial charge in [0.1, 0.15) is 105 Å². The van der Waals surface area contributed by atoms with Crippen molar-refractivity contribution in [2.45, 2.75) is 267 Å². The molecule has 30 atom stereocenters. The fourth-order valence-electron chi connectivity index (χ4n) is 16.5. The third-order valence-electron chi connectivity index (χ3n) is 21.4. The van der Waals surface area contributed by atoms with Gasteiger partial charge in [0.2, 0.25) is 0 Å². The van der Waals surface area contributed by atoms with Gasteiger partial charge in [-0.2, -0.15) is 0 Å². The average molecular weight is 1180 g/mol. The van der Waals surface area contributed by atoms with Crippen LogP contribution in [0.25, 0.3) is 0 Å². The Labute approximate surface area is 478 Å². The van der Waals surface area contributed by atoms with E-state index in [-0.39, 0.29) is 34.5 Å². The first-order chi connectivity index (χ1) is 38.3. The highest BCUT2D eigenvalue weighted by Crippen LogP contribution is 2.76. The molecule has 4 saturated carbocycles. The molecule has 0 spiro atoms. The molecule has 0 bridgehead atoms. The van der Waals surface area contributed by atoms with Gasteiger partial charge in [-0.1, -0.05) is 46.3 Å². The predicted octanol–water partition coefficient (Wildman–Crippen LogP) is -1.15. The number of aliphatic hydroxyl groups excluding tert-OH is 13. The summed E-state index contributed by atoms with van der Waals surface area (Å²) in [4.78, 5) is 23.1. The summed E-state index contributed by atoms with van der Waals surface area (Å²) < 4.78 is 54.3. The van der Waals surface area contributed by atoms with E-state index < -0.39 is 190 Å². The maximum absolute atomic E-state index is 12.9. The molecule has 25 heteroatoms. The van der Waals surface area contributed by atoms with Gasteiger partial charge in [-0.05, 0) is 131 Å². The summed E-state index contributed by atoms with van der Waals surface area (Å²) in [6.45, 7) is 16.6. The smallest absolute Gasteiger partial charge is 0.317 e. The number of hydrogen-bond donors (Lipinski definition) is 14. The van der Waals surface area contributed by atoms with E-state index in [4.69, 9.17) is 47.7 Å². The first-order valence-corrected chi connectivity index (χ1v) is 29.3. The molecule has 4 aliphatic heterocycles. The van der Waals surface area contributed by atoms with E-state index >= 15 is 0 Å². The molecule has 25 nitrogen and oxygen atoms in total. The molecule has 4 heterocycles. The molecule has 6 unspecified atom stereocenters. The Morgan fingerprint density at radius 1 is 0.622 bits per heavy atom. The first-order valence-electron chi connectivity index (χ1n) is 29.3. The van der Waals surface area contributed by atoms with Crippen molar-refractivity contribution in [3.05, 3.63) is 11.6 Å². The third kappa shape index (κ3) is 12.1. The number of carboxylic acid groups (broad SMARTS) is 1. The number of fused-ring (bicyclic) bond motifs is 5. The summed E-state index contributed by atoms with van der Waals surface area (Å²) in [7, 11) is 0. The van der Waals surface area contributed by atoms with E-state index in [1.165, 1.54) is 6.92 Å². The molecular formula is C57H94O25. The molecule has 472 valence electrons. The second-order valence-electron chi connectivity index (χ2n) is 26.8. The molecule has 0 aromatic heterocycles. The van der Waals surface area contributed by atoms with Gasteiger partial charge in [-0.3, -0.25) is 9.59 Å². The van der Waals surface area contributed by atoms with Crippen LogP contribution in [0, 0.1) is 45.3 Å². The number of rotatable bonds is 18. The van der Waals surface area contributed by atoms with Gasteiger partial charge in [0.05, 0.1) is 37.1 Å². The Hall–Kier alpha value is -2.16. The molecule has 4 saturated heterocycles. The second kappa shape index (κ2) is 25.1. The lowest BCUT2D eigenvalue weighted by atomic mass is 9.35. The SMILES string of the molecule is CC(C)=CCCC(C)(O[C@@H]1O[C@H](CO[C@@H]2O[C@@H](C)[C@@H](O)[C@@H](O)[C@H]2O)[C@@H](O)[C@H](O)[C@H]1O)C1CCC2(C)C1[C@H](O)CC1[C@@]3(C)CC[C@H](O[C@@H]4O[C@H](CO)[C@@H](O)[C@H](O)[C@H]4O[C@@H]4O[C@H](COC(=O)CC(=O)O)[C@@H](O)[C@H](O)[C@H]4O)C(C)(C)C3CC[C@]12C. The zero-order valence-electron chi connectivity index (χ0n) is 48.5. The van der Waals surface area contributed by atoms with E-state index in [0.717, 1.165) is 24.8 Å². The van der Waals surface area contributed by atoms with Crippen molar-refractivity contribution in [3.8, 4) is 0 Å². The molecule has 14 N–H and O–H groups in total. The summed E-state index contributed by atoms with van der Waals surface area (Å²) in [5.74, 6) is -3.19. The highest BCUT2D eigenvalue weighted by Gasteiger charge is 2.72. The van der Waals surface area contributed by atoms with Crippen LogP contribution in [0.1, 0.15) is 127 Å². The molecule has 4 aliphatic carbocycles. The highest BCUT2D eigenvalue weighted by molar-refractivity contribution is 5.90. The van der Waals surface area contributed by atoms with E-state index in [1.807, 2.05) is 20.8 Å². The van der Waals surface area contributed by atoms with E-state index in [9.17, 15) is 76.0 Å². The Kier molecular flexibility index (Phi) is 20.2. The molecular weight excluding hydrogens is 1080 g/mol. The number of aliphatic hydroxyl groups is 13. The first kappa shape index (κ1) is 65.8. The lowest BCUT2D eigenvalue weighted by Gasteiger charge is -2.71. The lowest BCUT2D eigenvalue weighted by molar-refractivity contribution is -0.378. The number of carbonyl (C=O) groups is 2. The van der Waals surface area contributed by atoms with Crippen LogP contribution in [-0.2, 0) is 52.2 Å². The fourth-order valence-corrected chi connectivity index (χ4v) is 16.5. The molecule has 8 rings (SSSR count). The average Bonchev–Trinajstić information content (AvgIpc) is 1.26. The lowest BCUT2D eigenvalue weighted by Crippen LogP contribution is -2.68. The summed E-state index contributed by atoms with van der Waals surface area (Å²) in [5.41, 5.74) is -1.73. The molecule has 0 amide bonds. The fraction of sp³-hybridized carbons (Fsp3) is 0.930. The van der Waals surface area contributed by atoms with Gasteiger partial charge >= 0.3 is 11.9 Å². The van der Waals surface area contributed by atoms with Gasteiger partial charge in [0.15, 0.2) is 25.2 Å². The number of allylic oxidation sites excluding steroid dienone is 2. The van der Waals surface area contributed by atoms with Crippen molar-refractivity contribution in [1.82, 2.24) is 0 Å². The molecule has 0 aromatic rings. The van der Waals surface area contributed by atoms with Crippen molar-refractivity contribution >= 4 is 11.9 Å². The van der Waals surface area contributed by atoms with Crippen molar-refractivity contribution in [2.24, 2.45) is 45.3 Å². The molecule has 8 fully saturated rings. The quantitative estimate of drug-likeness (QED) is 0.0333. The third-order valence-corrected chi connectivity index (χ3v) is 21.4. The number of hydrogen-bond acceptors (Lipinski definition) is 24. The van der Waals surface area contributed by atoms with Crippen molar-refractivity contribution in [2.75, 3.05) is 19.8 Å². The molecule has 0 aromatic carbocycles. The van der Waals surface area contributed by atoms with E-state index in [2.05, 4.69) is 40.7 Å². The van der Waals surface area contributed by atoms with Crippen LogP contribution in [0.3, 0.4) is 0 Å². The Bertz CT molecular complexity index is 2220. The molecule has 82 heavy (non-hydrogen) atoms. The van der Waals surface area contributed by atoms with Crippen LogP contribution >= 0.6 is 0 Å². The number of ether oxygens (including phenoxy) is 9. The van der Waals surface area contributed by atoms with Crippen molar-refractivity contribution < 1.29 is 124 Å². The van der Waals surface area contributed by atoms with E-state index in [1.54, 1.807) is 0 Å². The predicted molar refractivity (Wildman–Crippen MR) is 281 cm³/mol. The topological polar surface area (TPSA) is 400 Å². The van der Waals surface area contributed by atoms with Gasteiger partial charge in [-0.25, -0.2) is 0 Å². The van der Waals surface area contributed by atoms with Gasteiger partial charge in [0, 0.05) is 0 Å². The number of carboxylic acids is 1. The van der Waals surface area contributed by atoms with Gasteiger partial charge in [0.25, 0.3) is 0 Å². The van der Waals surface area contributed by atoms with Crippen molar-refractivity contribution in [1.29, 1.82) is 0 Å². The molecule has 8 aliphatic rings. The zero-order valence-corrected chi connectivity index (χ0v) is 48.5. The standard InChI is InChI=1S/C57H94O25/c1-24(2)11-10-15-57(9,82-51-47(73)43(69)40(66)30(79-51)23-75-49-45(71)41(67)37(63)25(3)76-49)26-12-17-56(8)36(26)27(59)19-32-54(6)16-14-33(53(4,5)31(54)13-18-55(32,56)7)80-52-48(44(70)38(64)28(21-58)77-52)81-50-46(72)42(68)39(65)29(78-50)22-74-35(62)20-34(60)61/h11,25-33,36-52,58-59,63-73H,10,12-23H2,1-9H3,(H,60,61)/t25-,26?,27+,28+,29+,30+,31?,32?,33-,36?,37+,38+,39+,40+,41+,42-,43-,44-,45+,46+,47+,48+,49+,50-,51-,52-,54-,55+,56?,57?/m0/s1. The number of carbonyl (C=O) groups excluding carboxylic acids is 1. The van der Waals surface area contributed by atoms with Crippen LogP contribution in [0.15, 0.2) is 11.6 Å². The maximum Gasteiger partial charge on any atom is 0.317 e.